The summed E-state index contributed by atoms with van der Waals surface area (Å²) >= 11 is 3.56. The van der Waals surface area contributed by atoms with E-state index in [1.807, 2.05) is 0 Å². The average molecular weight is 281 g/mol. The predicted octanol–water partition coefficient (Wildman–Crippen LogP) is 4.22. The standard InChI is InChI=1S/C14H19NOS2/c1-4-6-15-14(12-5-7-17-10(12)2)13-8-11(16-3)9-18-13/h5,7-9,14-15H,4,6H2,1-3H3. The van der Waals surface area contributed by atoms with Crippen LogP contribution in [0.3, 0.4) is 0 Å². The first-order chi connectivity index (χ1) is 8.76. The largest absolute Gasteiger partial charge is 0.496 e. The van der Waals surface area contributed by atoms with Gasteiger partial charge in [-0.2, -0.15) is 0 Å². The van der Waals surface area contributed by atoms with E-state index in [0.717, 1.165) is 18.7 Å². The van der Waals surface area contributed by atoms with Crippen LogP contribution in [0.1, 0.15) is 34.7 Å². The highest BCUT2D eigenvalue weighted by Crippen LogP contribution is 2.34. The van der Waals surface area contributed by atoms with Gasteiger partial charge in [-0.15, -0.1) is 22.7 Å². The maximum Gasteiger partial charge on any atom is 0.129 e. The molecule has 0 radical (unpaired) electrons. The zero-order valence-electron chi connectivity index (χ0n) is 11.0. The van der Waals surface area contributed by atoms with Crippen LogP contribution in [0.15, 0.2) is 22.9 Å². The predicted molar refractivity (Wildman–Crippen MR) is 80.1 cm³/mol. The molecule has 18 heavy (non-hydrogen) atoms. The monoisotopic (exact) mass is 281 g/mol. The Hall–Kier alpha value is -0.840. The molecular formula is C14H19NOS2. The Bertz CT molecular complexity index is 489. The molecule has 0 saturated heterocycles. The highest BCUT2D eigenvalue weighted by molar-refractivity contribution is 7.10. The van der Waals surface area contributed by atoms with Crippen molar-refractivity contribution in [2.24, 2.45) is 0 Å². The summed E-state index contributed by atoms with van der Waals surface area (Å²) in [6.45, 7) is 5.41. The molecule has 2 aromatic rings. The fraction of sp³-hybridized carbons (Fsp3) is 0.429. The number of nitrogens with one attached hydrogen (secondary N) is 1. The molecule has 1 atom stereocenters. The van der Waals surface area contributed by atoms with E-state index in [1.165, 1.54) is 15.3 Å². The number of aryl methyl sites for hydroxylation is 1. The molecule has 0 aromatic carbocycles. The molecule has 0 aliphatic heterocycles. The number of hydrogen-bond acceptors (Lipinski definition) is 4. The second kappa shape index (κ2) is 6.36. The van der Waals surface area contributed by atoms with Crippen LogP contribution in [0.2, 0.25) is 0 Å². The van der Waals surface area contributed by atoms with Crippen molar-refractivity contribution in [1.82, 2.24) is 5.32 Å². The summed E-state index contributed by atoms with van der Waals surface area (Å²) in [4.78, 5) is 2.71. The Morgan fingerprint density at radius 2 is 2.22 bits per heavy atom. The van der Waals surface area contributed by atoms with Crippen LogP contribution in [-0.4, -0.2) is 13.7 Å². The van der Waals surface area contributed by atoms with Gasteiger partial charge in [0.1, 0.15) is 5.75 Å². The Labute approximate surface area is 117 Å². The van der Waals surface area contributed by atoms with Crippen LogP contribution in [0.4, 0.5) is 0 Å². The van der Waals surface area contributed by atoms with Gasteiger partial charge in [-0.3, -0.25) is 0 Å². The van der Waals surface area contributed by atoms with Crippen molar-refractivity contribution in [2.45, 2.75) is 26.3 Å². The second-order valence-corrected chi connectivity index (χ2v) is 6.27. The summed E-state index contributed by atoms with van der Waals surface area (Å²) in [5.41, 5.74) is 1.39. The molecule has 0 saturated carbocycles. The molecule has 0 aliphatic carbocycles. The van der Waals surface area contributed by atoms with Crippen LogP contribution < -0.4 is 10.1 Å². The van der Waals surface area contributed by atoms with Gasteiger partial charge in [0, 0.05) is 15.1 Å². The van der Waals surface area contributed by atoms with Gasteiger partial charge >= 0.3 is 0 Å². The van der Waals surface area contributed by atoms with Gasteiger partial charge < -0.3 is 10.1 Å². The molecule has 2 heterocycles. The highest BCUT2D eigenvalue weighted by atomic mass is 32.1. The van der Waals surface area contributed by atoms with Gasteiger partial charge in [-0.05, 0) is 43.0 Å². The minimum atomic E-state index is 0.296. The molecule has 1 unspecified atom stereocenters. The van der Waals surface area contributed by atoms with Gasteiger partial charge in [-0.1, -0.05) is 6.92 Å². The zero-order chi connectivity index (χ0) is 13.0. The van der Waals surface area contributed by atoms with E-state index in [4.69, 9.17) is 4.74 Å². The van der Waals surface area contributed by atoms with Crippen molar-refractivity contribution >= 4 is 22.7 Å². The first-order valence-corrected chi connectivity index (χ1v) is 7.92. The molecule has 0 fully saturated rings. The number of rotatable bonds is 6. The summed E-state index contributed by atoms with van der Waals surface area (Å²) in [5, 5.41) is 7.86. The van der Waals surface area contributed by atoms with Crippen molar-refractivity contribution in [1.29, 1.82) is 0 Å². The summed E-state index contributed by atoms with van der Waals surface area (Å²) in [6, 6.07) is 4.65. The maximum absolute atomic E-state index is 5.28. The number of thiophene rings is 2. The third-order valence-corrected chi connectivity index (χ3v) is 4.76. The zero-order valence-corrected chi connectivity index (χ0v) is 12.7. The molecule has 0 spiro atoms. The van der Waals surface area contributed by atoms with Gasteiger partial charge in [0.25, 0.3) is 0 Å². The van der Waals surface area contributed by atoms with Gasteiger partial charge in [0.2, 0.25) is 0 Å². The first kappa shape index (κ1) is 13.6. The Morgan fingerprint density at radius 3 is 2.78 bits per heavy atom. The second-order valence-electron chi connectivity index (χ2n) is 4.21. The average Bonchev–Trinajstić information content (AvgIpc) is 3.00. The molecule has 4 heteroatoms. The van der Waals surface area contributed by atoms with E-state index in [9.17, 15) is 0 Å². The van der Waals surface area contributed by atoms with E-state index in [2.05, 4.69) is 42.1 Å². The van der Waals surface area contributed by atoms with Gasteiger partial charge in [-0.25, -0.2) is 0 Å². The van der Waals surface area contributed by atoms with Crippen LogP contribution in [0.5, 0.6) is 5.75 Å². The van der Waals surface area contributed by atoms with E-state index in [-0.39, 0.29) is 0 Å². The minimum Gasteiger partial charge on any atom is -0.496 e. The molecule has 2 rings (SSSR count). The number of methoxy groups -OCH3 is 1. The topological polar surface area (TPSA) is 21.3 Å². The van der Waals surface area contributed by atoms with Crippen molar-refractivity contribution in [2.75, 3.05) is 13.7 Å². The molecule has 0 amide bonds. The highest BCUT2D eigenvalue weighted by Gasteiger charge is 2.18. The van der Waals surface area contributed by atoms with E-state index >= 15 is 0 Å². The van der Waals surface area contributed by atoms with Gasteiger partial charge in [0.05, 0.1) is 13.2 Å². The fourth-order valence-corrected chi connectivity index (χ4v) is 3.63. The summed E-state index contributed by atoms with van der Waals surface area (Å²) in [7, 11) is 1.72. The summed E-state index contributed by atoms with van der Waals surface area (Å²) in [5.74, 6) is 0.950. The fourth-order valence-electron chi connectivity index (χ4n) is 1.94. The Kier molecular flexibility index (Phi) is 4.80. The first-order valence-electron chi connectivity index (χ1n) is 6.16. The molecule has 98 valence electrons. The molecule has 2 aromatic heterocycles. The molecule has 0 aliphatic rings. The van der Waals surface area contributed by atoms with E-state index in [0.29, 0.717) is 6.04 Å². The molecular weight excluding hydrogens is 262 g/mol. The van der Waals surface area contributed by atoms with Crippen molar-refractivity contribution < 1.29 is 4.74 Å². The van der Waals surface area contributed by atoms with E-state index in [1.54, 1.807) is 29.8 Å². The number of ether oxygens (including phenoxy) is 1. The lowest BCUT2D eigenvalue weighted by Crippen LogP contribution is -2.22. The van der Waals surface area contributed by atoms with Crippen molar-refractivity contribution in [3.8, 4) is 5.75 Å². The van der Waals surface area contributed by atoms with Crippen LogP contribution >= 0.6 is 22.7 Å². The van der Waals surface area contributed by atoms with Gasteiger partial charge in [0.15, 0.2) is 0 Å². The molecule has 0 bridgehead atoms. The Balaban J connectivity index is 2.27. The summed E-state index contributed by atoms with van der Waals surface area (Å²) in [6.07, 6.45) is 1.14. The minimum absolute atomic E-state index is 0.296. The van der Waals surface area contributed by atoms with Crippen molar-refractivity contribution in [3.05, 3.63) is 38.2 Å². The third kappa shape index (κ3) is 2.94. The Morgan fingerprint density at radius 1 is 1.39 bits per heavy atom. The van der Waals surface area contributed by atoms with Crippen LogP contribution in [0.25, 0.3) is 0 Å². The number of hydrogen-bond donors (Lipinski definition) is 1. The lowest BCUT2D eigenvalue weighted by molar-refractivity contribution is 0.416. The van der Waals surface area contributed by atoms with Crippen LogP contribution in [0, 0.1) is 6.92 Å². The third-order valence-electron chi connectivity index (χ3n) is 2.92. The molecule has 1 N–H and O–H groups in total. The quantitative estimate of drug-likeness (QED) is 0.856. The lowest BCUT2D eigenvalue weighted by Gasteiger charge is -2.17. The maximum atomic E-state index is 5.28. The van der Waals surface area contributed by atoms with Crippen LogP contribution in [-0.2, 0) is 0 Å². The van der Waals surface area contributed by atoms with E-state index < -0.39 is 0 Å². The lowest BCUT2D eigenvalue weighted by atomic mass is 10.1. The smallest absolute Gasteiger partial charge is 0.129 e. The normalized spacial score (nSPS) is 12.6. The van der Waals surface area contributed by atoms with Crippen molar-refractivity contribution in [3.63, 3.8) is 0 Å². The summed E-state index contributed by atoms with van der Waals surface area (Å²) < 4.78 is 5.28. The SMILES string of the molecule is CCCNC(c1cc(OC)cs1)c1ccsc1C. The molecule has 2 nitrogen and oxygen atoms in total.